The van der Waals surface area contributed by atoms with Crippen LogP contribution < -0.4 is 14.2 Å². The summed E-state index contributed by atoms with van der Waals surface area (Å²) >= 11 is 6.31. The second kappa shape index (κ2) is 9.37. The van der Waals surface area contributed by atoms with E-state index in [0.29, 0.717) is 35.4 Å². The number of rotatable bonds is 6. The van der Waals surface area contributed by atoms with Crippen LogP contribution in [0.2, 0.25) is 5.02 Å². The van der Waals surface area contributed by atoms with Crippen LogP contribution in [0.15, 0.2) is 36.4 Å². The lowest BCUT2D eigenvalue weighted by Crippen LogP contribution is -2.49. The molecule has 0 N–H and O–H groups in total. The summed E-state index contributed by atoms with van der Waals surface area (Å²) in [5.74, 6) is 1.67. The van der Waals surface area contributed by atoms with Crippen LogP contribution in [0.1, 0.15) is 13.8 Å². The van der Waals surface area contributed by atoms with Gasteiger partial charge >= 0.3 is 0 Å². The molecule has 0 saturated carbocycles. The summed E-state index contributed by atoms with van der Waals surface area (Å²) in [6.07, 6.45) is 0.0296. The van der Waals surface area contributed by atoms with E-state index in [4.69, 9.17) is 30.5 Å². The Hall–Kier alpha value is -2.44. The number of benzene rings is 2. The largest absolute Gasteiger partial charge is 0.493 e. The molecule has 2 atom stereocenters. The summed E-state index contributed by atoms with van der Waals surface area (Å²) < 4.78 is 22.3. The molecule has 3 rings (SSSR count). The molecule has 1 heterocycles. The average Bonchev–Trinajstić information content (AvgIpc) is 2.70. The molecule has 1 aliphatic rings. The van der Waals surface area contributed by atoms with Crippen LogP contribution in [-0.2, 0) is 9.53 Å². The highest BCUT2D eigenvalue weighted by Crippen LogP contribution is 2.39. The topological polar surface area (TPSA) is 57.2 Å². The first-order valence-electron chi connectivity index (χ1n) is 9.49. The Morgan fingerprint density at radius 2 is 1.86 bits per heavy atom. The molecule has 0 bridgehead atoms. The molecule has 1 saturated heterocycles. The van der Waals surface area contributed by atoms with E-state index in [2.05, 4.69) is 0 Å². The fourth-order valence-electron chi connectivity index (χ4n) is 3.53. The minimum atomic E-state index is -0.0764. The lowest BCUT2D eigenvalue weighted by atomic mass is 10.0. The van der Waals surface area contributed by atoms with E-state index >= 15 is 0 Å². The standard InChI is InChI=1S/C22H26ClNO5/c1-14-11-24(12-15(2)29-14)21(25)13-28-18-9-16(8-17(23)10-18)19-6-5-7-20(26-3)22(19)27-4/h5-10,14-15H,11-13H2,1-4H3/t14-,15+. The molecule has 156 valence electrons. The normalized spacial score (nSPS) is 19.0. The number of amides is 1. The predicted octanol–water partition coefficient (Wildman–Crippen LogP) is 4.04. The Labute approximate surface area is 176 Å². The number of ether oxygens (including phenoxy) is 4. The quantitative estimate of drug-likeness (QED) is 0.707. The van der Waals surface area contributed by atoms with E-state index in [1.807, 2.05) is 44.2 Å². The van der Waals surface area contributed by atoms with Gasteiger partial charge in [-0.25, -0.2) is 0 Å². The first kappa shape index (κ1) is 21.3. The molecule has 2 aromatic carbocycles. The zero-order valence-corrected chi connectivity index (χ0v) is 17.9. The van der Waals surface area contributed by atoms with Crippen molar-refractivity contribution in [2.75, 3.05) is 33.9 Å². The highest BCUT2D eigenvalue weighted by molar-refractivity contribution is 6.31. The summed E-state index contributed by atoms with van der Waals surface area (Å²) in [6, 6.07) is 11.0. The van der Waals surface area contributed by atoms with Crippen molar-refractivity contribution >= 4 is 17.5 Å². The summed E-state index contributed by atoms with van der Waals surface area (Å²) in [4.78, 5) is 14.3. The van der Waals surface area contributed by atoms with Crippen molar-refractivity contribution < 1.29 is 23.7 Å². The molecule has 29 heavy (non-hydrogen) atoms. The lowest BCUT2D eigenvalue weighted by Gasteiger charge is -2.35. The number of halogens is 1. The van der Waals surface area contributed by atoms with Gasteiger partial charge < -0.3 is 23.8 Å². The van der Waals surface area contributed by atoms with Gasteiger partial charge in [0.1, 0.15) is 5.75 Å². The van der Waals surface area contributed by atoms with Crippen LogP contribution >= 0.6 is 11.6 Å². The van der Waals surface area contributed by atoms with Gasteiger partial charge in [-0.1, -0.05) is 23.7 Å². The minimum absolute atomic E-state index is 0.0148. The number of carbonyl (C=O) groups is 1. The molecule has 0 radical (unpaired) electrons. The van der Waals surface area contributed by atoms with Crippen molar-refractivity contribution in [2.24, 2.45) is 0 Å². The predicted molar refractivity (Wildman–Crippen MR) is 112 cm³/mol. The Kier molecular flexibility index (Phi) is 6.87. The van der Waals surface area contributed by atoms with Crippen LogP contribution in [0.25, 0.3) is 11.1 Å². The molecule has 2 aromatic rings. The third-order valence-corrected chi connectivity index (χ3v) is 4.94. The summed E-state index contributed by atoms with van der Waals surface area (Å²) in [5.41, 5.74) is 1.63. The molecule has 0 aliphatic carbocycles. The molecule has 1 amide bonds. The van der Waals surface area contributed by atoms with Gasteiger partial charge in [0.25, 0.3) is 5.91 Å². The number of para-hydroxylation sites is 1. The van der Waals surface area contributed by atoms with E-state index < -0.39 is 0 Å². The highest BCUT2D eigenvalue weighted by Gasteiger charge is 2.26. The molecule has 6 nitrogen and oxygen atoms in total. The Bertz CT molecular complexity index is 862. The van der Waals surface area contributed by atoms with E-state index in [1.54, 1.807) is 25.2 Å². The second-order valence-corrected chi connectivity index (χ2v) is 7.50. The number of morpholine rings is 1. The van der Waals surface area contributed by atoms with Gasteiger partial charge in [0.15, 0.2) is 18.1 Å². The molecular formula is C22H26ClNO5. The van der Waals surface area contributed by atoms with Crippen molar-refractivity contribution in [3.8, 4) is 28.4 Å². The van der Waals surface area contributed by atoms with Gasteiger partial charge in [0.05, 0.1) is 26.4 Å². The zero-order chi connectivity index (χ0) is 21.0. The van der Waals surface area contributed by atoms with Gasteiger partial charge in [-0.3, -0.25) is 4.79 Å². The van der Waals surface area contributed by atoms with Gasteiger partial charge in [-0.2, -0.15) is 0 Å². The average molecular weight is 420 g/mol. The van der Waals surface area contributed by atoms with Crippen LogP contribution in [0.4, 0.5) is 0 Å². The summed E-state index contributed by atoms with van der Waals surface area (Å²) in [5, 5.41) is 0.503. The van der Waals surface area contributed by atoms with Gasteiger partial charge in [0.2, 0.25) is 0 Å². The monoisotopic (exact) mass is 419 g/mol. The summed E-state index contributed by atoms with van der Waals surface area (Å²) in [6.45, 7) is 4.99. The third-order valence-electron chi connectivity index (χ3n) is 4.72. The maximum atomic E-state index is 12.6. The number of hydrogen-bond acceptors (Lipinski definition) is 5. The number of hydrogen-bond donors (Lipinski definition) is 0. The summed E-state index contributed by atoms with van der Waals surface area (Å²) in [7, 11) is 3.18. The molecule has 7 heteroatoms. The highest BCUT2D eigenvalue weighted by atomic mass is 35.5. The Balaban J connectivity index is 1.77. The van der Waals surface area contributed by atoms with E-state index in [0.717, 1.165) is 11.1 Å². The Morgan fingerprint density at radius 1 is 1.14 bits per heavy atom. The molecule has 0 unspecified atom stereocenters. The fourth-order valence-corrected chi connectivity index (χ4v) is 3.76. The molecular weight excluding hydrogens is 394 g/mol. The van der Waals surface area contributed by atoms with Gasteiger partial charge in [-0.05, 0) is 43.7 Å². The minimum Gasteiger partial charge on any atom is -0.493 e. The number of nitrogens with zero attached hydrogens (tertiary/aromatic N) is 1. The van der Waals surface area contributed by atoms with Crippen LogP contribution in [0, 0.1) is 0 Å². The van der Waals surface area contributed by atoms with E-state index in [-0.39, 0.29) is 24.7 Å². The van der Waals surface area contributed by atoms with Crippen molar-refractivity contribution in [3.05, 3.63) is 41.4 Å². The van der Waals surface area contributed by atoms with E-state index in [1.165, 1.54) is 0 Å². The van der Waals surface area contributed by atoms with Crippen LogP contribution in [0.5, 0.6) is 17.2 Å². The molecule has 0 spiro atoms. The van der Waals surface area contributed by atoms with Crippen molar-refractivity contribution in [2.45, 2.75) is 26.1 Å². The lowest BCUT2D eigenvalue weighted by molar-refractivity contribution is -0.145. The van der Waals surface area contributed by atoms with Gasteiger partial charge in [0, 0.05) is 23.7 Å². The third kappa shape index (κ3) is 5.14. The van der Waals surface area contributed by atoms with Crippen molar-refractivity contribution in [1.82, 2.24) is 4.90 Å². The number of carbonyl (C=O) groups excluding carboxylic acids is 1. The van der Waals surface area contributed by atoms with Crippen molar-refractivity contribution in [1.29, 1.82) is 0 Å². The molecule has 1 aliphatic heterocycles. The fraction of sp³-hybridized carbons (Fsp3) is 0.409. The first-order valence-corrected chi connectivity index (χ1v) is 9.87. The maximum absolute atomic E-state index is 12.6. The second-order valence-electron chi connectivity index (χ2n) is 7.06. The molecule has 1 fully saturated rings. The smallest absolute Gasteiger partial charge is 0.260 e. The van der Waals surface area contributed by atoms with Gasteiger partial charge in [-0.15, -0.1) is 0 Å². The van der Waals surface area contributed by atoms with Crippen molar-refractivity contribution in [3.63, 3.8) is 0 Å². The SMILES string of the molecule is COc1cccc(-c2cc(Cl)cc(OCC(=O)N3C[C@@H](C)O[C@@H](C)C3)c2)c1OC. The molecule has 0 aromatic heterocycles. The van der Waals surface area contributed by atoms with Crippen LogP contribution in [-0.4, -0.2) is 56.9 Å². The van der Waals surface area contributed by atoms with E-state index in [9.17, 15) is 4.79 Å². The number of methoxy groups -OCH3 is 2. The maximum Gasteiger partial charge on any atom is 0.260 e. The Morgan fingerprint density at radius 3 is 2.52 bits per heavy atom. The zero-order valence-electron chi connectivity index (χ0n) is 17.1. The first-order chi connectivity index (χ1) is 13.9. The van der Waals surface area contributed by atoms with Crippen LogP contribution in [0.3, 0.4) is 0 Å².